The zero-order valence-corrected chi connectivity index (χ0v) is 21.8. The molecule has 0 saturated carbocycles. The standard InChI is InChI=1S/C21H17BrCl2N4O3S2/c1-27(12-13-4-6-15(23)10-17(13)24)21(29)16-7-5-14(22)9-18(16)26-33(30,31)20-3-2-8-28-19(20)11-25-32-28/h2-11,25-26H,12H2,1H3. The van der Waals surface area contributed by atoms with Crippen LogP contribution in [0.15, 0.2) is 76.0 Å². The minimum absolute atomic E-state index is 0.0853. The van der Waals surface area contributed by atoms with Gasteiger partial charge in [0.05, 0.1) is 29.1 Å². The summed E-state index contributed by atoms with van der Waals surface area (Å²) in [5.74, 6) is -0.373. The van der Waals surface area contributed by atoms with E-state index in [2.05, 4.69) is 25.4 Å². The van der Waals surface area contributed by atoms with Gasteiger partial charge >= 0.3 is 0 Å². The van der Waals surface area contributed by atoms with Crippen molar-refractivity contribution in [2.75, 3.05) is 11.8 Å². The third-order valence-corrected chi connectivity index (χ3v) is 8.05. The van der Waals surface area contributed by atoms with Crippen LogP contribution >= 0.6 is 51.3 Å². The summed E-state index contributed by atoms with van der Waals surface area (Å²) >= 11 is 16.8. The van der Waals surface area contributed by atoms with E-state index in [0.717, 1.165) is 0 Å². The molecule has 0 aromatic heterocycles. The maximum atomic E-state index is 13.3. The average molecular weight is 588 g/mol. The second kappa shape index (κ2) is 9.63. The summed E-state index contributed by atoms with van der Waals surface area (Å²) in [5.41, 5.74) is 1.57. The van der Waals surface area contributed by atoms with E-state index < -0.39 is 10.0 Å². The number of halogens is 3. The van der Waals surface area contributed by atoms with Crippen molar-refractivity contribution in [3.63, 3.8) is 0 Å². The van der Waals surface area contributed by atoms with Gasteiger partial charge in [0.15, 0.2) is 0 Å². The predicted octanol–water partition coefficient (Wildman–Crippen LogP) is 5.49. The molecule has 2 aromatic carbocycles. The third kappa shape index (κ3) is 5.20. The summed E-state index contributed by atoms with van der Waals surface area (Å²) in [7, 11) is -2.37. The quantitative estimate of drug-likeness (QED) is 0.435. The van der Waals surface area contributed by atoms with Gasteiger partial charge in [-0.3, -0.25) is 13.8 Å². The zero-order valence-electron chi connectivity index (χ0n) is 17.1. The summed E-state index contributed by atoms with van der Waals surface area (Å²) in [6.45, 7) is 0.220. The maximum Gasteiger partial charge on any atom is 0.264 e. The van der Waals surface area contributed by atoms with E-state index in [1.807, 2.05) is 0 Å². The number of amides is 1. The first-order valence-electron chi connectivity index (χ1n) is 9.48. The van der Waals surface area contributed by atoms with E-state index in [-0.39, 0.29) is 28.6 Å². The molecule has 2 heterocycles. The van der Waals surface area contributed by atoms with Crippen LogP contribution in [0.1, 0.15) is 15.9 Å². The minimum Gasteiger partial charge on any atom is -0.337 e. The Morgan fingerprint density at radius 3 is 2.79 bits per heavy atom. The van der Waals surface area contributed by atoms with Gasteiger partial charge in [-0.1, -0.05) is 45.2 Å². The molecule has 2 aromatic rings. The lowest BCUT2D eigenvalue weighted by atomic mass is 10.1. The van der Waals surface area contributed by atoms with E-state index in [1.165, 1.54) is 23.1 Å². The van der Waals surface area contributed by atoms with Gasteiger partial charge in [0.2, 0.25) is 0 Å². The van der Waals surface area contributed by atoms with Crippen LogP contribution in [0.5, 0.6) is 0 Å². The van der Waals surface area contributed by atoms with E-state index in [9.17, 15) is 13.2 Å². The fourth-order valence-electron chi connectivity index (χ4n) is 3.23. The number of allylic oxidation sites excluding steroid dienone is 2. The fourth-order valence-corrected chi connectivity index (χ4v) is 6.04. The van der Waals surface area contributed by atoms with Gasteiger partial charge in [-0.25, -0.2) is 8.42 Å². The number of hydrogen-bond donors (Lipinski definition) is 2. The molecule has 0 bridgehead atoms. The first-order valence-corrected chi connectivity index (χ1v) is 13.3. The Bertz CT molecular complexity index is 1330. The van der Waals surface area contributed by atoms with E-state index in [4.69, 9.17) is 23.2 Å². The van der Waals surface area contributed by atoms with Crippen molar-refractivity contribution in [3.05, 3.63) is 97.2 Å². The molecule has 0 atom stereocenters. The number of nitrogens with one attached hydrogen (secondary N) is 2. The molecule has 2 N–H and O–H groups in total. The summed E-state index contributed by atoms with van der Waals surface area (Å²) in [4.78, 5) is 14.8. The normalized spacial score (nSPS) is 14.8. The molecular formula is C21H17BrCl2N4O3S2. The lowest BCUT2D eigenvalue weighted by molar-refractivity contribution is 0.0786. The second-order valence-electron chi connectivity index (χ2n) is 7.13. The molecule has 0 unspecified atom stereocenters. The highest BCUT2D eigenvalue weighted by atomic mass is 79.9. The fraction of sp³-hybridized carbons (Fsp3) is 0.0952. The van der Waals surface area contributed by atoms with Gasteiger partial charge in [0.1, 0.15) is 4.91 Å². The van der Waals surface area contributed by atoms with Crippen LogP contribution in [0.2, 0.25) is 10.0 Å². The largest absolute Gasteiger partial charge is 0.337 e. The number of nitrogens with zero attached hydrogens (tertiary/aromatic N) is 2. The molecule has 2 aliphatic rings. The summed E-state index contributed by atoms with van der Waals surface area (Å²) < 4.78 is 34.3. The Labute approximate surface area is 214 Å². The lowest BCUT2D eigenvalue weighted by Gasteiger charge is -2.23. The maximum absolute atomic E-state index is 13.3. The highest BCUT2D eigenvalue weighted by Gasteiger charge is 2.31. The number of sulfonamides is 1. The third-order valence-electron chi connectivity index (χ3n) is 4.82. The molecular weight excluding hydrogens is 571 g/mol. The highest BCUT2D eigenvalue weighted by molar-refractivity contribution is 9.10. The summed E-state index contributed by atoms with van der Waals surface area (Å²) in [6.07, 6.45) is 6.51. The Hall–Kier alpha value is -2.11. The van der Waals surface area contributed by atoms with Crippen LogP contribution in [-0.4, -0.2) is 30.6 Å². The smallest absolute Gasteiger partial charge is 0.264 e. The topological polar surface area (TPSA) is 81.8 Å². The Kier molecular flexibility index (Phi) is 7.01. The molecule has 1 amide bonds. The number of rotatable bonds is 6. The van der Waals surface area contributed by atoms with Crippen molar-refractivity contribution in [2.45, 2.75) is 6.54 Å². The molecule has 0 spiro atoms. The number of carbonyl (C=O) groups excluding carboxylic acids is 1. The van der Waals surface area contributed by atoms with Gasteiger partial charge in [-0.05, 0) is 48.0 Å². The van der Waals surface area contributed by atoms with Crippen molar-refractivity contribution in [1.29, 1.82) is 0 Å². The number of benzene rings is 2. The number of fused-ring (bicyclic) bond motifs is 1. The molecule has 172 valence electrons. The lowest BCUT2D eigenvalue weighted by Crippen LogP contribution is -2.28. The van der Waals surface area contributed by atoms with Crippen molar-refractivity contribution in [1.82, 2.24) is 13.9 Å². The van der Waals surface area contributed by atoms with Gasteiger partial charge in [-0.2, -0.15) is 0 Å². The molecule has 4 rings (SSSR count). The first-order chi connectivity index (χ1) is 15.7. The van der Waals surface area contributed by atoms with Crippen LogP contribution in [0.4, 0.5) is 5.69 Å². The van der Waals surface area contributed by atoms with Crippen LogP contribution < -0.4 is 9.44 Å². The van der Waals surface area contributed by atoms with Crippen molar-refractivity contribution in [2.24, 2.45) is 0 Å². The molecule has 12 heteroatoms. The van der Waals surface area contributed by atoms with Gasteiger partial charge in [-0.15, -0.1) is 0 Å². The van der Waals surface area contributed by atoms with Crippen molar-refractivity contribution < 1.29 is 13.2 Å². The monoisotopic (exact) mass is 586 g/mol. The SMILES string of the molecule is CN(Cc1ccc(Cl)cc1Cl)C(=O)c1ccc(Br)cc1NS(=O)(=O)C1=CC=CN2SNC=C12. The Morgan fingerprint density at radius 1 is 1.24 bits per heavy atom. The molecule has 7 nitrogen and oxygen atoms in total. The van der Waals surface area contributed by atoms with Crippen LogP contribution in [0.25, 0.3) is 0 Å². The van der Waals surface area contributed by atoms with Crippen LogP contribution in [0, 0.1) is 0 Å². The van der Waals surface area contributed by atoms with E-state index in [1.54, 1.807) is 66.2 Å². The van der Waals surface area contributed by atoms with Crippen LogP contribution in [-0.2, 0) is 16.6 Å². The van der Waals surface area contributed by atoms with Gasteiger partial charge in [0, 0.05) is 40.5 Å². The average Bonchev–Trinajstić information content (AvgIpc) is 3.24. The summed E-state index contributed by atoms with van der Waals surface area (Å²) in [6, 6.07) is 9.85. The minimum atomic E-state index is -3.99. The molecule has 33 heavy (non-hydrogen) atoms. The highest BCUT2D eigenvalue weighted by Crippen LogP contribution is 2.35. The Morgan fingerprint density at radius 2 is 2.03 bits per heavy atom. The van der Waals surface area contributed by atoms with E-state index >= 15 is 0 Å². The number of anilines is 1. The molecule has 0 aliphatic carbocycles. The van der Waals surface area contributed by atoms with Gasteiger partial charge < -0.3 is 9.62 Å². The molecule has 0 fully saturated rings. The Balaban J connectivity index is 1.61. The predicted molar refractivity (Wildman–Crippen MR) is 137 cm³/mol. The molecule has 0 radical (unpaired) electrons. The molecule has 0 saturated heterocycles. The van der Waals surface area contributed by atoms with Gasteiger partial charge in [0.25, 0.3) is 15.9 Å². The zero-order chi connectivity index (χ0) is 23.8. The van der Waals surface area contributed by atoms with Crippen molar-refractivity contribution >= 4 is 72.9 Å². The number of carbonyl (C=O) groups is 1. The van der Waals surface area contributed by atoms with Crippen molar-refractivity contribution in [3.8, 4) is 0 Å². The number of hydrogen-bond acceptors (Lipinski definition) is 6. The molecule has 2 aliphatic heterocycles. The van der Waals surface area contributed by atoms with Crippen LogP contribution in [0.3, 0.4) is 0 Å². The van der Waals surface area contributed by atoms with E-state index in [0.29, 0.717) is 25.8 Å². The second-order valence-corrected chi connectivity index (χ2v) is 11.4. The first kappa shape index (κ1) is 24.0. The summed E-state index contributed by atoms with van der Waals surface area (Å²) in [5, 5.41) is 0.941.